The Labute approximate surface area is 147 Å². The van der Waals surface area contributed by atoms with E-state index in [0.29, 0.717) is 25.6 Å². The van der Waals surface area contributed by atoms with E-state index in [1.807, 2.05) is 0 Å². The van der Waals surface area contributed by atoms with Gasteiger partial charge in [0.05, 0.1) is 25.0 Å². The summed E-state index contributed by atoms with van der Waals surface area (Å²) in [5.74, 6) is 0.131. The third-order valence-corrected chi connectivity index (χ3v) is 4.75. The molecular weight excluding hydrogens is 304 g/mol. The number of rotatable bonds is 11. The summed E-state index contributed by atoms with van der Waals surface area (Å²) in [7, 11) is 0. The van der Waals surface area contributed by atoms with Gasteiger partial charge in [0.2, 0.25) is 0 Å². The van der Waals surface area contributed by atoms with Gasteiger partial charge in [-0.2, -0.15) is 0 Å². The molecule has 1 rings (SSSR count). The van der Waals surface area contributed by atoms with Crippen molar-refractivity contribution in [3.8, 4) is 0 Å². The summed E-state index contributed by atoms with van der Waals surface area (Å²) in [4.78, 5) is 24.3. The molecular formula is C20H36O4. The first-order valence-corrected chi connectivity index (χ1v) is 9.87. The Morgan fingerprint density at radius 2 is 1.50 bits per heavy atom. The summed E-state index contributed by atoms with van der Waals surface area (Å²) in [6, 6.07) is 0. The van der Waals surface area contributed by atoms with Crippen LogP contribution in [0.4, 0.5) is 0 Å². The van der Waals surface area contributed by atoms with Gasteiger partial charge in [0.1, 0.15) is 0 Å². The van der Waals surface area contributed by atoms with E-state index >= 15 is 0 Å². The molecule has 2 atom stereocenters. The molecule has 0 aromatic rings. The smallest absolute Gasteiger partial charge is 0.308 e. The van der Waals surface area contributed by atoms with Crippen molar-refractivity contribution in [3.63, 3.8) is 0 Å². The van der Waals surface area contributed by atoms with Crippen molar-refractivity contribution in [2.24, 2.45) is 17.8 Å². The molecule has 4 heteroatoms. The van der Waals surface area contributed by atoms with Crippen LogP contribution in [0.2, 0.25) is 0 Å². The standard InChI is InChI=1S/C20H36O4/c1-4-5-6-7-13-23-19(21)17-11-8-12-18(15-17)20(22)24-14-9-10-16(2)3/h16-18H,4-15H2,1-3H3. The molecule has 0 bridgehead atoms. The molecule has 0 amide bonds. The van der Waals surface area contributed by atoms with E-state index in [0.717, 1.165) is 44.9 Å². The summed E-state index contributed by atoms with van der Waals surface area (Å²) >= 11 is 0. The fraction of sp³-hybridized carbons (Fsp3) is 0.900. The van der Waals surface area contributed by atoms with Crippen LogP contribution in [0.5, 0.6) is 0 Å². The minimum Gasteiger partial charge on any atom is -0.465 e. The Balaban J connectivity index is 2.24. The zero-order valence-electron chi connectivity index (χ0n) is 15.9. The third kappa shape index (κ3) is 8.70. The minimum atomic E-state index is -0.129. The van der Waals surface area contributed by atoms with Gasteiger partial charge in [-0.05, 0) is 44.4 Å². The highest BCUT2D eigenvalue weighted by Crippen LogP contribution is 2.31. The molecule has 4 nitrogen and oxygen atoms in total. The van der Waals surface area contributed by atoms with Crippen molar-refractivity contribution < 1.29 is 19.1 Å². The third-order valence-electron chi connectivity index (χ3n) is 4.75. The first-order valence-electron chi connectivity index (χ1n) is 9.87. The zero-order valence-corrected chi connectivity index (χ0v) is 15.9. The summed E-state index contributed by atoms with van der Waals surface area (Å²) in [6.07, 6.45) is 9.58. The normalized spacial score (nSPS) is 20.8. The molecule has 0 saturated heterocycles. The maximum atomic E-state index is 12.2. The van der Waals surface area contributed by atoms with E-state index < -0.39 is 0 Å². The Kier molecular flexibility index (Phi) is 10.8. The van der Waals surface area contributed by atoms with Crippen LogP contribution in [-0.4, -0.2) is 25.2 Å². The number of hydrogen-bond acceptors (Lipinski definition) is 4. The molecule has 0 heterocycles. The molecule has 1 fully saturated rings. The van der Waals surface area contributed by atoms with E-state index in [1.165, 1.54) is 12.8 Å². The summed E-state index contributed by atoms with van der Waals surface area (Å²) in [5, 5.41) is 0. The lowest BCUT2D eigenvalue weighted by Crippen LogP contribution is -2.30. The number of esters is 2. The first-order chi connectivity index (χ1) is 11.5. The highest BCUT2D eigenvalue weighted by Gasteiger charge is 2.32. The molecule has 0 radical (unpaired) electrons. The molecule has 24 heavy (non-hydrogen) atoms. The van der Waals surface area contributed by atoms with Crippen LogP contribution in [0, 0.1) is 17.8 Å². The molecule has 0 aromatic heterocycles. The number of ether oxygens (including phenoxy) is 2. The van der Waals surface area contributed by atoms with Gasteiger partial charge in [-0.25, -0.2) is 0 Å². The van der Waals surface area contributed by atoms with Gasteiger partial charge in [0, 0.05) is 0 Å². The average Bonchev–Trinajstić information content (AvgIpc) is 2.58. The van der Waals surface area contributed by atoms with Crippen LogP contribution in [0.25, 0.3) is 0 Å². The second-order valence-corrected chi connectivity index (χ2v) is 7.49. The molecule has 0 aromatic carbocycles. The average molecular weight is 341 g/mol. The molecule has 0 spiro atoms. The highest BCUT2D eigenvalue weighted by atomic mass is 16.5. The topological polar surface area (TPSA) is 52.6 Å². The largest absolute Gasteiger partial charge is 0.465 e. The molecule has 140 valence electrons. The number of carbonyl (C=O) groups is 2. The quantitative estimate of drug-likeness (QED) is 0.397. The lowest BCUT2D eigenvalue weighted by Gasteiger charge is -2.26. The fourth-order valence-electron chi connectivity index (χ4n) is 3.22. The predicted octanol–water partition coefficient (Wildman–Crippen LogP) is 4.90. The van der Waals surface area contributed by atoms with Crippen molar-refractivity contribution in [2.75, 3.05) is 13.2 Å². The van der Waals surface area contributed by atoms with Gasteiger partial charge in [-0.1, -0.05) is 46.5 Å². The lowest BCUT2D eigenvalue weighted by molar-refractivity contribution is -0.155. The summed E-state index contributed by atoms with van der Waals surface area (Å²) < 4.78 is 10.8. The lowest BCUT2D eigenvalue weighted by atomic mass is 9.81. The van der Waals surface area contributed by atoms with Gasteiger partial charge >= 0.3 is 11.9 Å². The second-order valence-electron chi connectivity index (χ2n) is 7.49. The van der Waals surface area contributed by atoms with Crippen LogP contribution >= 0.6 is 0 Å². The zero-order chi connectivity index (χ0) is 17.8. The van der Waals surface area contributed by atoms with Crippen LogP contribution in [-0.2, 0) is 19.1 Å². The van der Waals surface area contributed by atoms with Gasteiger partial charge in [-0.15, -0.1) is 0 Å². The van der Waals surface area contributed by atoms with E-state index in [2.05, 4.69) is 20.8 Å². The summed E-state index contributed by atoms with van der Waals surface area (Å²) in [6.45, 7) is 7.51. The van der Waals surface area contributed by atoms with Gasteiger partial charge in [0.25, 0.3) is 0 Å². The number of unbranched alkanes of at least 4 members (excludes halogenated alkanes) is 3. The van der Waals surface area contributed by atoms with E-state index in [-0.39, 0.29) is 23.8 Å². The Hall–Kier alpha value is -1.06. The van der Waals surface area contributed by atoms with Crippen LogP contribution in [0.15, 0.2) is 0 Å². The molecule has 0 aliphatic heterocycles. The number of hydrogen-bond donors (Lipinski definition) is 0. The molecule has 2 unspecified atom stereocenters. The minimum absolute atomic E-state index is 0.121. The summed E-state index contributed by atoms with van der Waals surface area (Å²) in [5.41, 5.74) is 0. The van der Waals surface area contributed by atoms with Crippen molar-refractivity contribution in [3.05, 3.63) is 0 Å². The van der Waals surface area contributed by atoms with Crippen molar-refractivity contribution in [1.82, 2.24) is 0 Å². The van der Waals surface area contributed by atoms with Gasteiger partial charge in [0.15, 0.2) is 0 Å². The Bertz CT molecular complexity index is 365. The van der Waals surface area contributed by atoms with E-state index in [9.17, 15) is 9.59 Å². The van der Waals surface area contributed by atoms with Crippen LogP contribution < -0.4 is 0 Å². The SMILES string of the molecule is CCCCCCOC(=O)C1CCCC(C(=O)OCCCC(C)C)C1. The van der Waals surface area contributed by atoms with Gasteiger partial charge in [-0.3, -0.25) is 9.59 Å². The maximum Gasteiger partial charge on any atom is 0.308 e. The highest BCUT2D eigenvalue weighted by molar-refractivity contribution is 5.76. The van der Waals surface area contributed by atoms with Crippen molar-refractivity contribution in [2.45, 2.75) is 85.0 Å². The molecule has 1 aliphatic rings. The molecule has 1 saturated carbocycles. The van der Waals surface area contributed by atoms with E-state index in [1.54, 1.807) is 0 Å². The van der Waals surface area contributed by atoms with Crippen LogP contribution in [0.1, 0.15) is 85.0 Å². The van der Waals surface area contributed by atoms with Crippen molar-refractivity contribution >= 4 is 11.9 Å². The fourth-order valence-corrected chi connectivity index (χ4v) is 3.22. The molecule has 0 N–H and O–H groups in total. The van der Waals surface area contributed by atoms with Gasteiger partial charge < -0.3 is 9.47 Å². The first kappa shape index (κ1) is 21.0. The monoisotopic (exact) mass is 340 g/mol. The Morgan fingerprint density at radius 1 is 0.917 bits per heavy atom. The number of carbonyl (C=O) groups excluding carboxylic acids is 2. The maximum absolute atomic E-state index is 12.2. The Morgan fingerprint density at radius 3 is 2.04 bits per heavy atom. The van der Waals surface area contributed by atoms with Crippen molar-refractivity contribution in [1.29, 1.82) is 0 Å². The predicted molar refractivity (Wildman–Crippen MR) is 95.6 cm³/mol. The molecule has 1 aliphatic carbocycles. The van der Waals surface area contributed by atoms with E-state index in [4.69, 9.17) is 9.47 Å². The van der Waals surface area contributed by atoms with Crippen LogP contribution in [0.3, 0.4) is 0 Å². The second kappa shape index (κ2) is 12.3.